The molecule has 140 valence electrons. The first kappa shape index (κ1) is 18.1. The van der Waals surface area contributed by atoms with Gasteiger partial charge in [-0.25, -0.2) is 0 Å². The highest BCUT2D eigenvalue weighted by molar-refractivity contribution is 5.90. The minimum atomic E-state index is 0.539. The summed E-state index contributed by atoms with van der Waals surface area (Å²) in [6, 6.07) is 20.5. The molecular weight excluding hydrogens is 346 g/mol. The van der Waals surface area contributed by atoms with Crippen molar-refractivity contribution in [3.8, 4) is 16.9 Å². The lowest BCUT2D eigenvalue weighted by atomic mass is 10.00. The number of aryl methyl sites for hydroxylation is 3. The maximum atomic E-state index is 11.8. The van der Waals surface area contributed by atoms with Crippen LogP contribution in [0.25, 0.3) is 16.6 Å². The van der Waals surface area contributed by atoms with Gasteiger partial charge < -0.3 is 9.14 Å². The van der Waals surface area contributed by atoms with Gasteiger partial charge in [0.25, 0.3) is 0 Å². The summed E-state index contributed by atoms with van der Waals surface area (Å²) in [5.74, 6) is 0.903. The van der Waals surface area contributed by atoms with Gasteiger partial charge in [0.2, 0.25) is 0 Å². The zero-order valence-electron chi connectivity index (χ0n) is 16.4. The van der Waals surface area contributed by atoms with Crippen LogP contribution in [-0.4, -0.2) is 10.7 Å². The average molecular weight is 369 g/mol. The zero-order valence-corrected chi connectivity index (χ0v) is 16.4. The molecule has 2 aromatic carbocycles. The quantitative estimate of drug-likeness (QED) is 0.409. The van der Waals surface area contributed by atoms with E-state index in [0.29, 0.717) is 12.3 Å². The summed E-state index contributed by atoms with van der Waals surface area (Å²) in [5.41, 5.74) is 8.12. The third-order valence-electron chi connectivity index (χ3n) is 5.08. The molecule has 0 unspecified atom stereocenters. The maximum Gasteiger partial charge on any atom is 0.167 e. The van der Waals surface area contributed by atoms with E-state index in [1.54, 1.807) is 0 Å². The van der Waals surface area contributed by atoms with Gasteiger partial charge in [0.15, 0.2) is 6.29 Å². The van der Waals surface area contributed by atoms with Gasteiger partial charge in [-0.15, -0.1) is 0 Å². The second-order valence-corrected chi connectivity index (χ2v) is 7.27. The second kappa shape index (κ2) is 7.35. The number of fused-ring (bicyclic) bond motifs is 1. The SMILES string of the molecule is Cc1ccn2c(C=O)c(-c3cc(C)c(OCc4ccccc4)c(C)c3)cc2c1. The molecule has 28 heavy (non-hydrogen) atoms. The minimum absolute atomic E-state index is 0.539. The van der Waals surface area contributed by atoms with Gasteiger partial charge in [0.1, 0.15) is 12.4 Å². The van der Waals surface area contributed by atoms with E-state index in [0.717, 1.165) is 45.4 Å². The fourth-order valence-corrected chi connectivity index (χ4v) is 3.73. The van der Waals surface area contributed by atoms with Crippen molar-refractivity contribution in [3.63, 3.8) is 0 Å². The van der Waals surface area contributed by atoms with Crippen molar-refractivity contribution in [3.05, 3.63) is 94.8 Å². The third-order valence-corrected chi connectivity index (χ3v) is 5.08. The summed E-state index contributed by atoms with van der Waals surface area (Å²) < 4.78 is 8.05. The number of carbonyl (C=O) groups is 1. The smallest absolute Gasteiger partial charge is 0.167 e. The molecule has 0 N–H and O–H groups in total. The monoisotopic (exact) mass is 369 g/mol. The number of hydrogen-bond donors (Lipinski definition) is 0. The Balaban J connectivity index is 1.72. The van der Waals surface area contributed by atoms with Crippen LogP contribution in [0.3, 0.4) is 0 Å². The van der Waals surface area contributed by atoms with E-state index in [1.165, 1.54) is 5.56 Å². The zero-order chi connectivity index (χ0) is 19.7. The molecule has 0 aliphatic rings. The predicted octanol–water partition coefficient (Wildman–Crippen LogP) is 5.92. The molecule has 0 aliphatic carbocycles. The molecule has 2 heterocycles. The van der Waals surface area contributed by atoms with Crippen LogP contribution in [0.5, 0.6) is 5.75 Å². The summed E-state index contributed by atoms with van der Waals surface area (Å²) in [6.45, 7) is 6.70. The number of rotatable bonds is 5. The van der Waals surface area contributed by atoms with Crippen LogP contribution in [-0.2, 0) is 6.61 Å². The highest BCUT2D eigenvalue weighted by atomic mass is 16.5. The summed E-state index contributed by atoms with van der Waals surface area (Å²) in [7, 11) is 0. The molecule has 0 bridgehead atoms. The van der Waals surface area contributed by atoms with Crippen molar-refractivity contribution >= 4 is 11.8 Å². The van der Waals surface area contributed by atoms with Gasteiger partial charge in [0, 0.05) is 17.3 Å². The number of pyridine rings is 1. The largest absolute Gasteiger partial charge is 0.488 e. The van der Waals surface area contributed by atoms with E-state index in [2.05, 4.69) is 57.2 Å². The molecule has 0 atom stereocenters. The summed E-state index contributed by atoms with van der Waals surface area (Å²) in [4.78, 5) is 11.8. The van der Waals surface area contributed by atoms with Crippen LogP contribution in [0.4, 0.5) is 0 Å². The lowest BCUT2D eigenvalue weighted by Crippen LogP contribution is -1.99. The summed E-state index contributed by atoms with van der Waals surface area (Å²) in [6.07, 6.45) is 2.89. The van der Waals surface area contributed by atoms with Crippen molar-refractivity contribution in [2.45, 2.75) is 27.4 Å². The average Bonchev–Trinajstić information content (AvgIpc) is 3.05. The fourth-order valence-electron chi connectivity index (χ4n) is 3.73. The van der Waals surface area contributed by atoms with Crippen molar-refractivity contribution in [2.75, 3.05) is 0 Å². The Morgan fingerprint density at radius 3 is 2.32 bits per heavy atom. The first-order valence-electron chi connectivity index (χ1n) is 9.42. The first-order chi connectivity index (χ1) is 13.6. The standard InChI is InChI=1S/C25H23NO2/c1-17-9-10-26-22(11-17)14-23(24(26)15-27)21-12-18(2)25(19(3)13-21)28-16-20-7-5-4-6-8-20/h4-15H,16H2,1-3H3. The minimum Gasteiger partial charge on any atom is -0.488 e. The first-order valence-corrected chi connectivity index (χ1v) is 9.42. The highest BCUT2D eigenvalue weighted by Crippen LogP contribution is 2.33. The highest BCUT2D eigenvalue weighted by Gasteiger charge is 2.15. The molecule has 0 aliphatic heterocycles. The maximum absolute atomic E-state index is 11.8. The normalized spacial score (nSPS) is 11.0. The van der Waals surface area contributed by atoms with Crippen molar-refractivity contribution in [1.29, 1.82) is 0 Å². The van der Waals surface area contributed by atoms with Crippen molar-refractivity contribution < 1.29 is 9.53 Å². The van der Waals surface area contributed by atoms with Gasteiger partial charge in [-0.2, -0.15) is 0 Å². The number of ether oxygens (including phenoxy) is 1. The molecule has 0 radical (unpaired) electrons. The third kappa shape index (κ3) is 3.31. The Hall–Kier alpha value is -3.33. The van der Waals surface area contributed by atoms with Crippen molar-refractivity contribution in [1.82, 2.24) is 4.40 Å². The number of benzene rings is 2. The van der Waals surface area contributed by atoms with E-state index in [4.69, 9.17) is 4.74 Å². The van der Waals surface area contributed by atoms with Gasteiger partial charge in [0.05, 0.1) is 5.69 Å². The van der Waals surface area contributed by atoms with E-state index in [9.17, 15) is 4.79 Å². The number of aldehydes is 1. The van der Waals surface area contributed by atoms with Crippen LogP contribution in [0.2, 0.25) is 0 Å². The van der Waals surface area contributed by atoms with Gasteiger partial charge in [-0.05, 0) is 78.9 Å². The topological polar surface area (TPSA) is 30.7 Å². The van der Waals surface area contributed by atoms with Crippen LogP contribution < -0.4 is 4.74 Å². The molecule has 2 aromatic heterocycles. The molecule has 0 fully saturated rings. The number of hydrogen-bond acceptors (Lipinski definition) is 2. The van der Waals surface area contributed by atoms with Gasteiger partial charge in [-0.3, -0.25) is 4.79 Å². The van der Waals surface area contributed by atoms with Gasteiger partial charge >= 0.3 is 0 Å². The van der Waals surface area contributed by atoms with E-state index < -0.39 is 0 Å². The van der Waals surface area contributed by atoms with Crippen LogP contribution >= 0.6 is 0 Å². The number of aromatic nitrogens is 1. The number of carbonyl (C=O) groups excluding carboxylic acids is 1. The Labute approximate surface area is 165 Å². The Bertz CT molecular complexity index is 1130. The second-order valence-electron chi connectivity index (χ2n) is 7.27. The Morgan fingerprint density at radius 1 is 0.929 bits per heavy atom. The van der Waals surface area contributed by atoms with Crippen LogP contribution in [0.1, 0.15) is 32.7 Å². The molecular formula is C25H23NO2. The van der Waals surface area contributed by atoms with Crippen molar-refractivity contribution in [2.24, 2.45) is 0 Å². The van der Waals surface area contributed by atoms with E-state index >= 15 is 0 Å². The summed E-state index contributed by atoms with van der Waals surface area (Å²) in [5, 5.41) is 0. The molecule has 0 amide bonds. The summed E-state index contributed by atoms with van der Waals surface area (Å²) >= 11 is 0. The van der Waals surface area contributed by atoms with E-state index in [-0.39, 0.29) is 0 Å². The number of nitrogens with zero attached hydrogens (tertiary/aromatic N) is 1. The molecule has 0 spiro atoms. The molecule has 0 saturated carbocycles. The van der Waals surface area contributed by atoms with E-state index in [1.807, 2.05) is 34.9 Å². The fraction of sp³-hybridized carbons (Fsp3) is 0.160. The van der Waals surface area contributed by atoms with Crippen LogP contribution in [0, 0.1) is 20.8 Å². The lowest BCUT2D eigenvalue weighted by Gasteiger charge is -2.14. The predicted molar refractivity (Wildman–Crippen MR) is 113 cm³/mol. The molecule has 3 heteroatoms. The molecule has 0 saturated heterocycles. The Morgan fingerprint density at radius 2 is 1.64 bits per heavy atom. The Kier molecular flexibility index (Phi) is 4.74. The lowest BCUT2D eigenvalue weighted by molar-refractivity contribution is 0.111. The van der Waals surface area contributed by atoms with Gasteiger partial charge in [-0.1, -0.05) is 30.3 Å². The molecule has 4 rings (SSSR count). The molecule has 4 aromatic rings. The molecule has 3 nitrogen and oxygen atoms in total. The van der Waals surface area contributed by atoms with Crippen LogP contribution in [0.15, 0.2) is 66.9 Å².